The SMILES string of the molecule is CC(C)(CCl)C(=O)Oc1ccc(Br)cc1. The van der Waals surface area contributed by atoms with E-state index in [0.717, 1.165) is 4.47 Å². The topological polar surface area (TPSA) is 26.3 Å². The van der Waals surface area contributed by atoms with Gasteiger partial charge in [0.1, 0.15) is 5.75 Å². The molecule has 0 aromatic heterocycles. The molecule has 82 valence electrons. The number of benzene rings is 1. The lowest BCUT2D eigenvalue weighted by molar-refractivity contribution is -0.142. The summed E-state index contributed by atoms with van der Waals surface area (Å²) in [5.41, 5.74) is -0.658. The summed E-state index contributed by atoms with van der Waals surface area (Å²) < 4.78 is 6.12. The molecule has 0 unspecified atom stereocenters. The Morgan fingerprint density at radius 3 is 2.40 bits per heavy atom. The molecule has 0 aliphatic rings. The highest BCUT2D eigenvalue weighted by Gasteiger charge is 2.28. The molecule has 0 radical (unpaired) electrons. The number of ether oxygens (including phenoxy) is 1. The fourth-order valence-corrected chi connectivity index (χ4v) is 1.18. The van der Waals surface area contributed by atoms with E-state index in [1.165, 1.54) is 0 Å². The molecule has 0 aliphatic heterocycles. The van der Waals surface area contributed by atoms with Crippen LogP contribution in [0.25, 0.3) is 0 Å². The van der Waals surface area contributed by atoms with Crippen molar-refractivity contribution in [1.82, 2.24) is 0 Å². The van der Waals surface area contributed by atoms with Crippen molar-refractivity contribution in [2.24, 2.45) is 5.41 Å². The van der Waals surface area contributed by atoms with Gasteiger partial charge in [-0.05, 0) is 38.1 Å². The van der Waals surface area contributed by atoms with Gasteiger partial charge in [0.2, 0.25) is 0 Å². The molecule has 0 N–H and O–H groups in total. The first-order valence-electron chi connectivity index (χ1n) is 4.49. The second kappa shape index (κ2) is 4.99. The molecule has 0 aliphatic carbocycles. The fraction of sp³-hybridized carbons (Fsp3) is 0.364. The van der Waals surface area contributed by atoms with E-state index < -0.39 is 5.41 Å². The highest BCUT2D eigenvalue weighted by molar-refractivity contribution is 9.10. The van der Waals surface area contributed by atoms with Crippen molar-refractivity contribution < 1.29 is 9.53 Å². The molecular weight excluding hydrogens is 279 g/mol. The molecule has 0 atom stereocenters. The number of hydrogen-bond donors (Lipinski definition) is 0. The lowest BCUT2D eigenvalue weighted by Crippen LogP contribution is -2.30. The average molecular weight is 292 g/mol. The maximum absolute atomic E-state index is 11.6. The van der Waals surface area contributed by atoms with Gasteiger partial charge < -0.3 is 4.74 Å². The molecule has 0 bridgehead atoms. The Kier molecular flexibility index (Phi) is 4.17. The van der Waals surface area contributed by atoms with E-state index in [1.807, 2.05) is 12.1 Å². The van der Waals surface area contributed by atoms with Crippen LogP contribution in [0.1, 0.15) is 13.8 Å². The third-order valence-electron chi connectivity index (χ3n) is 1.91. The lowest BCUT2D eigenvalue weighted by atomic mass is 9.97. The van der Waals surface area contributed by atoms with Gasteiger partial charge in [0, 0.05) is 10.4 Å². The van der Waals surface area contributed by atoms with Gasteiger partial charge in [-0.3, -0.25) is 4.79 Å². The minimum atomic E-state index is -0.658. The summed E-state index contributed by atoms with van der Waals surface area (Å²) >= 11 is 8.97. The van der Waals surface area contributed by atoms with E-state index >= 15 is 0 Å². The lowest BCUT2D eigenvalue weighted by Gasteiger charge is -2.18. The van der Waals surface area contributed by atoms with Gasteiger partial charge in [0.05, 0.1) is 5.41 Å². The van der Waals surface area contributed by atoms with Crippen LogP contribution < -0.4 is 4.74 Å². The van der Waals surface area contributed by atoms with Crippen LogP contribution in [0.3, 0.4) is 0 Å². The number of alkyl halides is 1. The molecule has 0 spiro atoms. The summed E-state index contributed by atoms with van der Waals surface area (Å²) in [5, 5.41) is 0. The monoisotopic (exact) mass is 290 g/mol. The summed E-state index contributed by atoms with van der Waals surface area (Å²) in [6.45, 7) is 3.50. The zero-order valence-electron chi connectivity index (χ0n) is 8.59. The van der Waals surface area contributed by atoms with Gasteiger partial charge >= 0.3 is 5.97 Å². The van der Waals surface area contributed by atoms with Crippen LogP contribution in [0.2, 0.25) is 0 Å². The number of hydrogen-bond acceptors (Lipinski definition) is 2. The molecule has 1 rings (SSSR count). The molecule has 0 heterocycles. The Morgan fingerprint density at radius 2 is 1.93 bits per heavy atom. The molecule has 15 heavy (non-hydrogen) atoms. The molecule has 0 saturated heterocycles. The molecule has 0 fully saturated rings. The van der Waals surface area contributed by atoms with Crippen molar-refractivity contribution in [2.75, 3.05) is 5.88 Å². The number of halogens is 2. The summed E-state index contributed by atoms with van der Waals surface area (Å²) in [4.78, 5) is 11.6. The normalized spacial score (nSPS) is 11.2. The maximum Gasteiger partial charge on any atom is 0.318 e. The largest absolute Gasteiger partial charge is 0.426 e. The molecule has 0 saturated carbocycles. The van der Waals surface area contributed by atoms with Crippen molar-refractivity contribution in [1.29, 1.82) is 0 Å². The van der Waals surface area contributed by atoms with Gasteiger partial charge in [-0.25, -0.2) is 0 Å². The van der Waals surface area contributed by atoms with Crippen LogP contribution in [0, 0.1) is 5.41 Å². The van der Waals surface area contributed by atoms with Crippen LogP contribution >= 0.6 is 27.5 Å². The van der Waals surface area contributed by atoms with E-state index in [9.17, 15) is 4.79 Å². The molecule has 1 aromatic carbocycles. The second-order valence-corrected chi connectivity index (χ2v) is 5.04. The summed E-state index contributed by atoms with van der Waals surface area (Å²) in [6.07, 6.45) is 0. The minimum absolute atomic E-state index is 0.238. The average Bonchev–Trinajstić information content (AvgIpc) is 2.21. The highest BCUT2D eigenvalue weighted by atomic mass is 79.9. The van der Waals surface area contributed by atoms with Crippen LogP contribution in [0.5, 0.6) is 5.75 Å². The first kappa shape index (κ1) is 12.5. The molecule has 2 nitrogen and oxygen atoms in total. The van der Waals surface area contributed by atoms with E-state index in [1.54, 1.807) is 26.0 Å². The standard InChI is InChI=1S/C11H12BrClO2/c1-11(2,7-13)10(14)15-9-5-3-8(12)4-6-9/h3-6H,7H2,1-2H3. The predicted molar refractivity (Wildman–Crippen MR) is 64.3 cm³/mol. The number of esters is 1. The molecular formula is C11H12BrClO2. The molecule has 0 amide bonds. The minimum Gasteiger partial charge on any atom is -0.426 e. The Labute approximate surface area is 103 Å². The van der Waals surface area contributed by atoms with Crippen molar-refractivity contribution >= 4 is 33.5 Å². The van der Waals surface area contributed by atoms with Crippen LogP contribution in [0.15, 0.2) is 28.7 Å². The highest BCUT2D eigenvalue weighted by Crippen LogP contribution is 2.22. The van der Waals surface area contributed by atoms with E-state index in [0.29, 0.717) is 5.75 Å². The molecule has 4 heteroatoms. The van der Waals surface area contributed by atoms with Crippen molar-refractivity contribution in [3.05, 3.63) is 28.7 Å². The van der Waals surface area contributed by atoms with Gasteiger partial charge in [-0.2, -0.15) is 0 Å². The fourth-order valence-electron chi connectivity index (χ4n) is 0.802. The van der Waals surface area contributed by atoms with Crippen molar-refractivity contribution in [3.63, 3.8) is 0 Å². The second-order valence-electron chi connectivity index (χ2n) is 3.86. The van der Waals surface area contributed by atoms with E-state index in [2.05, 4.69) is 15.9 Å². The summed E-state index contributed by atoms with van der Waals surface area (Å²) in [7, 11) is 0. The van der Waals surface area contributed by atoms with Crippen LogP contribution in [0.4, 0.5) is 0 Å². The van der Waals surface area contributed by atoms with Gasteiger partial charge in [0.15, 0.2) is 0 Å². The van der Waals surface area contributed by atoms with Gasteiger partial charge in [0.25, 0.3) is 0 Å². The Bertz CT molecular complexity index is 346. The first-order valence-corrected chi connectivity index (χ1v) is 5.82. The van der Waals surface area contributed by atoms with E-state index in [-0.39, 0.29) is 11.8 Å². The smallest absolute Gasteiger partial charge is 0.318 e. The van der Waals surface area contributed by atoms with Gasteiger partial charge in [-0.1, -0.05) is 15.9 Å². The number of carbonyl (C=O) groups is 1. The zero-order chi connectivity index (χ0) is 11.5. The Morgan fingerprint density at radius 1 is 1.40 bits per heavy atom. The molecule has 1 aromatic rings. The first-order chi connectivity index (χ1) is 6.95. The van der Waals surface area contributed by atoms with Crippen molar-refractivity contribution in [2.45, 2.75) is 13.8 Å². The third-order valence-corrected chi connectivity index (χ3v) is 3.11. The van der Waals surface area contributed by atoms with Crippen LogP contribution in [-0.2, 0) is 4.79 Å². The summed E-state index contributed by atoms with van der Waals surface area (Å²) in [6, 6.07) is 7.09. The Hall–Kier alpha value is -0.540. The zero-order valence-corrected chi connectivity index (χ0v) is 10.9. The number of rotatable bonds is 3. The van der Waals surface area contributed by atoms with Gasteiger partial charge in [-0.15, -0.1) is 11.6 Å². The number of carbonyl (C=O) groups excluding carboxylic acids is 1. The Balaban J connectivity index is 2.71. The maximum atomic E-state index is 11.6. The van der Waals surface area contributed by atoms with Crippen LogP contribution in [-0.4, -0.2) is 11.8 Å². The van der Waals surface area contributed by atoms with Crippen molar-refractivity contribution in [3.8, 4) is 5.75 Å². The van der Waals surface area contributed by atoms with E-state index in [4.69, 9.17) is 16.3 Å². The quantitative estimate of drug-likeness (QED) is 0.483. The summed E-state index contributed by atoms with van der Waals surface area (Å²) in [5.74, 6) is 0.448. The third kappa shape index (κ3) is 3.50. The predicted octanol–water partition coefficient (Wildman–Crippen LogP) is 3.62.